The van der Waals surface area contributed by atoms with E-state index in [1.165, 1.54) is 13.0 Å². The Bertz CT molecular complexity index is 538. The molecule has 0 N–H and O–H groups in total. The number of carbonyl (C=O) groups is 1. The van der Waals surface area contributed by atoms with Gasteiger partial charge in [0.2, 0.25) is 0 Å². The van der Waals surface area contributed by atoms with E-state index in [1.54, 1.807) is 4.90 Å². The minimum absolute atomic E-state index is 0.0435. The van der Waals surface area contributed by atoms with Gasteiger partial charge >= 0.3 is 0 Å². The van der Waals surface area contributed by atoms with Crippen LogP contribution in [0, 0.1) is 22.9 Å². The Labute approximate surface area is 130 Å². The van der Waals surface area contributed by atoms with Crippen LogP contribution in [-0.4, -0.2) is 28.8 Å². The largest absolute Gasteiger partial charge is 0.339 e. The van der Waals surface area contributed by atoms with Crippen LogP contribution in [0.25, 0.3) is 0 Å². The van der Waals surface area contributed by atoms with Crippen molar-refractivity contribution in [2.75, 3.05) is 13.1 Å². The van der Waals surface area contributed by atoms with Crippen LogP contribution in [0.3, 0.4) is 0 Å². The fourth-order valence-corrected chi connectivity index (χ4v) is 2.17. The minimum atomic E-state index is -0.719. The van der Waals surface area contributed by atoms with Crippen LogP contribution >= 0.6 is 0 Å². The summed E-state index contributed by atoms with van der Waals surface area (Å²) in [6.07, 6.45) is 3.59. The molecule has 0 aromatic heterocycles. The van der Waals surface area contributed by atoms with Gasteiger partial charge in [-0.25, -0.2) is 4.39 Å². The molecule has 1 aromatic rings. The highest BCUT2D eigenvalue weighted by Gasteiger charge is 2.22. The van der Waals surface area contributed by atoms with Crippen LogP contribution in [-0.2, 0) is 0 Å². The van der Waals surface area contributed by atoms with Gasteiger partial charge in [-0.05, 0) is 25.8 Å². The van der Waals surface area contributed by atoms with Crippen LogP contribution in [0.15, 0.2) is 12.1 Å². The number of halogens is 1. The Kier molecular flexibility index (Phi) is 6.95. The highest BCUT2D eigenvalue weighted by molar-refractivity contribution is 5.95. The lowest BCUT2D eigenvalue weighted by Gasteiger charge is -2.22. The number of amides is 1. The third-order valence-corrected chi connectivity index (χ3v) is 3.61. The number of carbonyl (C=O) groups excluding carboxylic acids is 1. The molecular formula is C16H23FN2O3. The second-order valence-electron chi connectivity index (χ2n) is 5.36. The van der Waals surface area contributed by atoms with E-state index in [1.807, 2.05) is 13.8 Å². The van der Waals surface area contributed by atoms with Gasteiger partial charge < -0.3 is 4.90 Å². The first kappa shape index (κ1) is 18.1. The Morgan fingerprint density at radius 1 is 1.23 bits per heavy atom. The fraction of sp³-hybridized carbons (Fsp3) is 0.562. The van der Waals surface area contributed by atoms with Crippen LogP contribution < -0.4 is 0 Å². The summed E-state index contributed by atoms with van der Waals surface area (Å²) in [5.41, 5.74) is -0.355. The number of rotatable bonds is 8. The van der Waals surface area contributed by atoms with E-state index < -0.39 is 10.7 Å². The average molecular weight is 310 g/mol. The van der Waals surface area contributed by atoms with E-state index in [2.05, 4.69) is 0 Å². The average Bonchev–Trinajstić information content (AvgIpc) is 2.49. The Morgan fingerprint density at radius 2 is 1.77 bits per heavy atom. The van der Waals surface area contributed by atoms with Gasteiger partial charge in [0.15, 0.2) is 0 Å². The van der Waals surface area contributed by atoms with Gasteiger partial charge in [0.1, 0.15) is 5.82 Å². The zero-order valence-electron chi connectivity index (χ0n) is 13.4. The molecule has 22 heavy (non-hydrogen) atoms. The molecule has 122 valence electrons. The van der Waals surface area contributed by atoms with Crippen molar-refractivity contribution in [2.24, 2.45) is 0 Å². The zero-order valence-corrected chi connectivity index (χ0v) is 13.4. The molecule has 0 aliphatic heterocycles. The molecule has 0 radical (unpaired) electrons. The van der Waals surface area contributed by atoms with Gasteiger partial charge in [-0.15, -0.1) is 0 Å². The second kappa shape index (κ2) is 8.46. The van der Waals surface area contributed by atoms with Gasteiger partial charge in [0.05, 0.1) is 10.5 Å². The molecule has 0 unspecified atom stereocenters. The summed E-state index contributed by atoms with van der Waals surface area (Å²) in [5, 5.41) is 11.0. The van der Waals surface area contributed by atoms with Crippen LogP contribution in [0.2, 0.25) is 0 Å². The highest BCUT2D eigenvalue weighted by Crippen LogP contribution is 2.23. The van der Waals surface area contributed by atoms with E-state index in [0.29, 0.717) is 13.1 Å². The van der Waals surface area contributed by atoms with Crippen LogP contribution in [0.1, 0.15) is 55.5 Å². The molecule has 0 saturated carbocycles. The number of hydrogen-bond acceptors (Lipinski definition) is 3. The Morgan fingerprint density at radius 3 is 2.23 bits per heavy atom. The normalized spacial score (nSPS) is 10.5. The minimum Gasteiger partial charge on any atom is -0.339 e. The second-order valence-corrected chi connectivity index (χ2v) is 5.36. The zero-order chi connectivity index (χ0) is 16.7. The monoisotopic (exact) mass is 310 g/mol. The summed E-state index contributed by atoms with van der Waals surface area (Å²) in [7, 11) is 0. The quantitative estimate of drug-likeness (QED) is 0.536. The van der Waals surface area contributed by atoms with Gasteiger partial charge in [-0.3, -0.25) is 14.9 Å². The van der Waals surface area contributed by atoms with Crippen molar-refractivity contribution < 1.29 is 14.1 Å². The molecule has 5 nitrogen and oxygen atoms in total. The molecule has 0 saturated heterocycles. The molecule has 0 aliphatic carbocycles. The number of unbranched alkanes of at least 4 members (excludes halogenated alkanes) is 2. The molecule has 1 aromatic carbocycles. The van der Waals surface area contributed by atoms with Crippen LogP contribution in [0.5, 0.6) is 0 Å². The van der Waals surface area contributed by atoms with E-state index in [9.17, 15) is 19.3 Å². The molecule has 1 rings (SSSR count). The lowest BCUT2D eigenvalue weighted by molar-refractivity contribution is -0.385. The number of nitrogens with zero attached hydrogens (tertiary/aromatic N) is 2. The topological polar surface area (TPSA) is 63.5 Å². The molecule has 0 aliphatic rings. The van der Waals surface area contributed by atoms with Crippen molar-refractivity contribution in [3.8, 4) is 0 Å². The standard InChI is InChI=1S/C16H23FN2O3/c1-4-6-8-18(9-7-5-2)16(20)13-10-14(17)12(3)15(11-13)19(21)22/h10-11H,4-9H2,1-3H3. The molecule has 6 heteroatoms. The van der Waals surface area contributed by atoms with E-state index in [0.717, 1.165) is 31.7 Å². The van der Waals surface area contributed by atoms with Gasteiger partial charge in [0, 0.05) is 24.7 Å². The summed E-state index contributed by atoms with van der Waals surface area (Å²) in [6, 6.07) is 2.27. The summed E-state index contributed by atoms with van der Waals surface area (Å²) >= 11 is 0. The molecule has 0 fully saturated rings. The fourth-order valence-electron chi connectivity index (χ4n) is 2.17. The summed E-state index contributed by atoms with van der Waals surface area (Å²) in [4.78, 5) is 24.5. The molecule has 0 heterocycles. The van der Waals surface area contributed by atoms with E-state index >= 15 is 0 Å². The highest BCUT2D eigenvalue weighted by atomic mass is 19.1. The van der Waals surface area contributed by atoms with E-state index in [-0.39, 0.29) is 22.7 Å². The van der Waals surface area contributed by atoms with Crippen molar-refractivity contribution in [2.45, 2.75) is 46.5 Å². The number of hydrogen-bond donors (Lipinski definition) is 0. The molecule has 1 amide bonds. The first-order chi connectivity index (χ1) is 10.4. The first-order valence-electron chi connectivity index (χ1n) is 7.66. The predicted octanol–water partition coefficient (Wildman–Crippen LogP) is 4.08. The van der Waals surface area contributed by atoms with Gasteiger partial charge in [-0.1, -0.05) is 26.7 Å². The molecular weight excluding hydrogens is 287 g/mol. The third-order valence-electron chi connectivity index (χ3n) is 3.61. The summed E-state index contributed by atoms with van der Waals surface area (Å²) in [6.45, 7) is 6.56. The smallest absolute Gasteiger partial charge is 0.276 e. The van der Waals surface area contributed by atoms with Crippen LogP contribution in [0.4, 0.5) is 10.1 Å². The summed E-state index contributed by atoms with van der Waals surface area (Å²) in [5.74, 6) is -1.06. The van der Waals surface area contributed by atoms with Crippen molar-refractivity contribution in [1.29, 1.82) is 0 Å². The molecule has 0 spiro atoms. The first-order valence-corrected chi connectivity index (χ1v) is 7.66. The maximum atomic E-state index is 13.9. The number of nitro benzene ring substituents is 1. The maximum absolute atomic E-state index is 13.9. The van der Waals surface area contributed by atoms with Crippen molar-refractivity contribution in [3.63, 3.8) is 0 Å². The molecule has 0 bridgehead atoms. The number of nitro groups is 1. The third kappa shape index (κ3) is 4.51. The summed E-state index contributed by atoms with van der Waals surface area (Å²) < 4.78 is 13.9. The maximum Gasteiger partial charge on any atom is 0.276 e. The lowest BCUT2D eigenvalue weighted by Crippen LogP contribution is -2.33. The van der Waals surface area contributed by atoms with E-state index in [4.69, 9.17) is 0 Å². The molecule has 0 atom stereocenters. The predicted molar refractivity (Wildman–Crippen MR) is 83.5 cm³/mol. The lowest BCUT2D eigenvalue weighted by atomic mass is 10.1. The van der Waals surface area contributed by atoms with Crippen molar-refractivity contribution in [3.05, 3.63) is 39.2 Å². The Balaban J connectivity index is 3.09. The Hall–Kier alpha value is -1.98. The SMILES string of the molecule is CCCCN(CCCC)C(=O)c1cc(F)c(C)c([N+](=O)[O-])c1. The van der Waals surface area contributed by atoms with Crippen molar-refractivity contribution in [1.82, 2.24) is 4.90 Å². The number of benzene rings is 1. The van der Waals surface area contributed by atoms with Crippen molar-refractivity contribution >= 4 is 11.6 Å². The van der Waals surface area contributed by atoms with Gasteiger partial charge in [-0.2, -0.15) is 0 Å². The van der Waals surface area contributed by atoms with Gasteiger partial charge in [0.25, 0.3) is 11.6 Å².